The van der Waals surface area contributed by atoms with Gasteiger partial charge in [0.1, 0.15) is 0 Å². The second-order valence-electron chi connectivity index (χ2n) is 5.50. The van der Waals surface area contributed by atoms with Gasteiger partial charge in [0, 0.05) is 26.2 Å². The number of carboxylic acid groups (broad SMARTS) is 1. The van der Waals surface area contributed by atoms with Gasteiger partial charge in [-0.2, -0.15) is 4.31 Å². The fourth-order valence-corrected chi connectivity index (χ4v) is 4.03. The number of aromatic carboxylic acids is 1. The Labute approximate surface area is 144 Å². The molecule has 9 heteroatoms. The maximum Gasteiger partial charge on any atom is 0.335 e. The number of sulfonamides is 1. The second-order valence-corrected chi connectivity index (χ2v) is 7.44. The van der Waals surface area contributed by atoms with Gasteiger partial charge in [0.15, 0.2) is 5.76 Å². The van der Waals surface area contributed by atoms with Crippen LogP contribution in [0.25, 0.3) is 0 Å². The third kappa shape index (κ3) is 3.42. The topological polar surface area (TPSA) is 108 Å². The van der Waals surface area contributed by atoms with E-state index in [4.69, 9.17) is 9.52 Å². The molecule has 1 fully saturated rings. The maximum atomic E-state index is 12.6. The maximum absolute atomic E-state index is 12.6. The quantitative estimate of drug-likeness (QED) is 0.871. The number of hydrogen-bond acceptors (Lipinski definition) is 5. The predicted molar refractivity (Wildman–Crippen MR) is 86.8 cm³/mol. The molecule has 2 heterocycles. The van der Waals surface area contributed by atoms with E-state index in [1.54, 1.807) is 17.0 Å². The van der Waals surface area contributed by atoms with Crippen LogP contribution in [0.2, 0.25) is 0 Å². The van der Waals surface area contributed by atoms with Crippen LogP contribution < -0.4 is 0 Å². The number of carboxylic acids is 1. The van der Waals surface area contributed by atoms with Crippen LogP contribution in [0, 0.1) is 0 Å². The number of amides is 1. The van der Waals surface area contributed by atoms with E-state index in [0.29, 0.717) is 0 Å². The minimum absolute atomic E-state index is 0.0211. The Morgan fingerprint density at radius 2 is 1.64 bits per heavy atom. The van der Waals surface area contributed by atoms with Crippen molar-refractivity contribution in [3.63, 3.8) is 0 Å². The Balaban J connectivity index is 1.69. The molecular weight excluding hydrogens is 348 g/mol. The molecule has 0 atom stereocenters. The lowest BCUT2D eigenvalue weighted by Crippen LogP contribution is -2.50. The first-order valence-electron chi connectivity index (χ1n) is 7.56. The lowest BCUT2D eigenvalue weighted by molar-refractivity contribution is 0.0664. The van der Waals surface area contributed by atoms with Crippen molar-refractivity contribution < 1.29 is 27.5 Å². The van der Waals surface area contributed by atoms with E-state index in [-0.39, 0.29) is 48.3 Å². The normalized spacial score (nSPS) is 15.9. The highest BCUT2D eigenvalue weighted by Crippen LogP contribution is 2.19. The average molecular weight is 364 g/mol. The first kappa shape index (κ1) is 17.2. The number of hydrogen-bond donors (Lipinski definition) is 1. The first-order valence-corrected chi connectivity index (χ1v) is 9.00. The molecule has 1 aromatic heterocycles. The lowest BCUT2D eigenvalue weighted by Gasteiger charge is -2.33. The summed E-state index contributed by atoms with van der Waals surface area (Å²) < 4.78 is 31.6. The molecule has 1 amide bonds. The largest absolute Gasteiger partial charge is 0.478 e. The Kier molecular flexibility index (Phi) is 4.60. The SMILES string of the molecule is O=C(O)c1ccc(S(=O)(=O)N2CCN(C(=O)c3ccco3)CC2)cc1. The summed E-state index contributed by atoms with van der Waals surface area (Å²) in [5.74, 6) is -1.16. The van der Waals surface area contributed by atoms with Gasteiger partial charge in [0.2, 0.25) is 10.0 Å². The summed E-state index contributed by atoms with van der Waals surface area (Å²) in [6.07, 6.45) is 1.41. The Morgan fingerprint density at radius 1 is 1.00 bits per heavy atom. The van der Waals surface area contributed by atoms with E-state index < -0.39 is 16.0 Å². The van der Waals surface area contributed by atoms with E-state index in [2.05, 4.69) is 0 Å². The van der Waals surface area contributed by atoms with Crippen LogP contribution in [0.3, 0.4) is 0 Å². The van der Waals surface area contributed by atoms with Crippen molar-refractivity contribution in [2.75, 3.05) is 26.2 Å². The van der Waals surface area contributed by atoms with Crippen molar-refractivity contribution in [2.24, 2.45) is 0 Å². The van der Waals surface area contributed by atoms with Gasteiger partial charge in [-0.05, 0) is 36.4 Å². The highest BCUT2D eigenvalue weighted by Gasteiger charge is 2.31. The third-order valence-electron chi connectivity index (χ3n) is 4.00. The summed E-state index contributed by atoms with van der Waals surface area (Å²) in [6.45, 7) is 0.836. The number of furan rings is 1. The molecule has 1 aliphatic heterocycles. The van der Waals surface area contributed by atoms with Gasteiger partial charge in [-0.3, -0.25) is 4.79 Å². The molecule has 132 valence electrons. The number of nitrogens with zero attached hydrogens (tertiary/aromatic N) is 2. The predicted octanol–water partition coefficient (Wildman–Crippen LogP) is 1.12. The van der Waals surface area contributed by atoms with E-state index in [9.17, 15) is 18.0 Å². The van der Waals surface area contributed by atoms with Crippen LogP contribution >= 0.6 is 0 Å². The molecule has 1 saturated heterocycles. The van der Waals surface area contributed by atoms with Gasteiger partial charge in [0.25, 0.3) is 5.91 Å². The van der Waals surface area contributed by atoms with Gasteiger partial charge < -0.3 is 14.4 Å². The fraction of sp³-hybridized carbons (Fsp3) is 0.250. The molecule has 0 unspecified atom stereocenters. The van der Waals surface area contributed by atoms with Crippen molar-refractivity contribution in [3.8, 4) is 0 Å². The van der Waals surface area contributed by atoms with Gasteiger partial charge in [-0.25, -0.2) is 13.2 Å². The molecule has 25 heavy (non-hydrogen) atoms. The van der Waals surface area contributed by atoms with Gasteiger partial charge in [-0.1, -0.05) is 0 Å². The molecule has 1 aromatic carbocycles. The Bertz CT molecular complexity index is 866. The van der Waals surface area contributed by atoms with Gasteiger partial charge >= 0.3 is 5.97 Å². The molecule has 1 N–H and O–H groups in total. The van der Waals surface area contributed by atoms with Crippen LogP contribution in [-0.4, -0.2) is 60.8 Å². The molecule has 0 radical (unpaired) electrons. The third-order valence-corrected chi connectivity index (χ3v) is 5.91. The van der Waals surface area contributed by atoms with E-state index in [1.165, 1.54) is 34.8 Å². The summed E-state index contributed by atoms with van der Waals surface area (Å²) >= 11 is 0. The molecule has 0 spiro atoms. The molecule has 0 aliphatic carbocycles. The minimum atomic E-state index is -3.73. The van der Waals surface area contributed by atoms with Crippen LogP contribution in [0.15, 0.2) is 52.0 Å². The van der Waals surface area contributed by atoms with Crippen molar-refractivity contribution in [1.82, 2.24) is 9.21 Å². The number of rotatable bonds is 4. The summed E-state index contributed by atoms with van der Waals surface area (Å²) in [6, 6.07) is 8.25. The second kappa shape index (κ2) is 6.69. The van der Waals surface area contributed by atoms with E-state index in [1.807, 2.05) is 0 Å². The average Bonchev–Trinajstić information content (AvgIpc) is 3.16. The molecule has 1 aliphatic rings. The number of piperazine rings is 1. The molecule has 8 nitrogen and oxygen atoms in total. The van der Waals surface area contributed by atoms with Crippen LogP contribution in [-0.2, 0) is 10.0 Å². The summed E-state index contributed by atoms with van der Waals surface area (Å²) in [5.41, 5.74) is 0.0211. The Hall–Kier alpha value is -2.65. The zero-order valence-corrected chi connectivity index (χ0v) is 14.0. The summed E-state index contributed by atoms with van der Waals surface area (Å²) in [7, 11) is -3.73. The van der Waals surface area contributed by atoms with Crippen LogP contribution in [0.5, 0.6) is 0 Å². The Morgan fingerprint density at radius 3 is 2.16 bits per heavy atom. The van der Waals surface area contributed by atoms with Gasteiger partial charge in [0.05, 0.1) is 16.7 Å². The van der Waals surface area contributed by atoms with Crippen molar-refractivity contribution in [1.29, 1.82) is 0 Å². The number of carbonyl (C=O) groups is 2. The van der Waals surface area contributed by atoms with Crippen LogP contribution in [0.1, 0.15) is 20.9 Å². The monoisotopic (exact) mass is 364 g/mol. The smallest absolute Gasteiger partial charge is 0.335 e. The molecule has 2 aromatic rings. The zero-order valence-electron chi connectivity index (χ0n) is 13.2. The summed E-state index contributed by atoms with van der Waals surface area (Å²) in [4.78, 5) is 24.6. The fourth-order valence-electron chi connectivity index (χ4n) is 2.61. The van der Waals surface area contributed by atoms with Crippen molar-refractivity contribution in [2.45, 2.75) is 4.90 Å². The highest BCUT2D eigenvalue weighted by atomic mass is 32.2. The standard InChI is InChI=1S/C16H16N2O6S/c19-15(14-2-1-11-24-14)17-7-9-18(10-8-17)25(22,23)13-5-3-12(4-6-13)16(20)21/h1-6,11H,7-10H2,(H,20,21). The highest BCUT2D eigenvalue weighted by molar-refractivity contribution is 7.89. The van der Waals surface area contributed by atoms with E-state index in [0.717, 1.165) is 0 Å². The number of benzene rings is 1. The summed E-state index contributed by atoms with van der Waals surface area (Å²) in [5, 5.41) is 8.88. The van der Waals surface area contributed by atoms with Crippen molar-refractivity contribution in [3.05, 3.63) is 54.0 Å². The lowest BCUT2D eigenvalue weighted by atomic mass is 10.2. The van der Waals surface area contributed by atoms with E-state index >= 15 is 0 Å². The zero-order chi connectivity index (χ0) is 18.0. The molecule has 0 saturated carbocycles. The number of carbonyl (C=O) groups excluding carboxylic acids is 1. The van der Waals surface area contributed by atoms with Gasteiger partial charge in [-0.15, -0.1) is 0 Å². The minimum Gasteiger partial charge on any atom is -0.478 e. The van der Waals surface area contributed by atoms with Crippen LogP contribution in [0.4, 0.5) is 0 Å². The van der Waals surface area contributed by atoms with Crippen molar-refractivity contribution >= 4 is 21.9 Å². The molecular formula is C16H16N2O6S. The first-order chi connectivity index (χ1) is 11.9. The molecule has 3 rings (SSSR count). The molecule has 0 bridgehead atoms.